The monoisotopic (exact) mass is 199 g/mol. The Bertz CT molecular complexity index is 145. The molecule has 1 fully saturated rings. The number of nitrogens with one attached hydrogen (secondary N) is 1. The first-order chi connectivity index (χ1) is 6.68. The van der Waals surface area contributed by atoms with Gasteiger partial charge in [-0.05, 0) is 12.8 Å². The zero-order valence-electron chi connectivity index (χ0n) is 9.94. The SMILES string of the molecule is COCC1(CNC(C)C)CCCCC1. The second kappa shape index (κ2) is 5.72. The lowest BCUT2D eigenvalue weighted by atomic mass is 9.74. The Morgan fingerprint density at radius 2 is 1.86 bits per heavy atom. The molecule has 2 heteroatoms. The van der Waals surface area contributed by atoms with Gasteiger partial charge in [0.1, 0.15) is 0 Å². The molecule has 1 saturated carbocycles. The van der Waals surface area contributed by atoms with E-state index in [2.05, 4.69) is 19.2 Å². The van der Waals surface area contributed by atoms with Gasteiger partial charge in [0.2, 0.25) is 0 Å². The molecule has 1 rings (SSSR count). The van der Waals surface area contributed by atoms with Crippen molar-refractivity contribution in [2.24, 2.45) is 5.41 Å². The number of hydrogen-bond donors (Lipinski definition) is 1. The summed E-state index contributed by atoms with van der Waals surface area (Å²) in [6.07, 6.45) is 6.83. The molecule has 2 nitrogen and oxygen atoms in total. The van der Waals surface area contributed by atoms with Crippen LogP contribution in [0.4, 0.5) is 0 Å². The summed E-state index contributed by atoms with van der Waals surface area (Å²) in [5.74, 6) is 0. The molecule has 0 heterocycles. The fourth-order valence-corrected chi connectivity index (χ4v) is 2.40. The number of ether oxygens (including phenoxy) is 1. The lowest BCUT2D eigenvalue weighted by molar-refractivity contribution is 0.0470. The maximum absolute atomic E-state index is 5.38. The smallest absolute Gasteiger partial charge is 0.0530 e. The van der Waals surface area contributed by atoms with Crippen LogP contribution in [0.25, 0.3) is 0 Å². The lowest BCUT2D eigenvalue weighted by Crippen LogP contribution is -2.41. The number of hydrogen-bond acceptors (Lipinski definition) is 2. The van der Waals surface area contributed by atoms with Gasteiger partial charge in [0.05, 0.1) is 6.61 Å². The summed E-state index contributed by atoms with van der Waals surface area (Å²) in [5.41, 5.74) is 0.428. The molecule has 0 aromatic heterocycles. The quantitative estimate of drug-likeness (QED) is 0.735. The van der Waals surface area contributed by atoms with Gasteiger partial charge in [-0.2, -0.15) is 0 Å². The molecule has 84 valence electrons. The first-order valence-corrected chi connectivity index (χ1v) is 5.91. The molecule has 0 radical (unpaired) electrons. The van der Waals surface area contributed by atoms with Gasteiger partial charge in [0.15, 0.2) is 0 Å². The fourth-order valence-electron chi connectivity index (χ4n) is 2.40. The minimum atomic E-state index is 0.428. The van der Waals surface area contributed by atoms with Crippen LogP contribution in [0.5, 0.6) is 0 Å². The summed E-state index contributed by atoms with van der Waals surface area (Å²) in [6, 6.07) is 0.589. The van der Waals surface area contributed by atoms with E-state index in [9.17, 15) is 0 Å². The molecular formula is C12H25NO. The van der Waals surface area contributed by atoms with Crippen molar-refractivity contribution in [2.75, 3.05) is 20.3 Å². The Morgan fingerprint density at radius 3 is 2.36 bits per heavy atom. The van der Waals surface area contributed by atoms with Crippen LogP contribution >= 0.6 is 0 Å². The molecule has 0 spiro atoms. The molecule has 0 bridgehead atoms. The Labute approximate surface area is 88.4 Å². The summed E-state index contributed by atoms with van der Waals surface area (Å²) >= 11 is 0. The molecule has 0 aromatic rings. The van der Waals surface area contributed by atoms with E-state index in [1.54, 1.807) is 0 Å². The third-order valence-corrected chi connectivity index (χ3v) is 3.25. The molecule has 0 aromatic carbocycles. The van der Waals surface area contributed by atoms with Crippen molar-refractivity contribution < 1.29 is 4.74 Å². The van der Waals surface area contributed by atoms with Gasteiger partial charge in [-0.25, -0.2) is 0 Å². The molecule has 0 aliphatic heterocycles. The highest BCUT2D eigenvalue weighted by Crippen LogP contribution is 2.35. The van der Waals surface area contributed by atoms with Gasteiger partial charge >= 0.3 is 0 Å². The van der Waals surface area contributed by atoms with Crippen LogP contribution in [0.15, 0.2) is 0 Å². The van der Waals surface area contributed by atoms with Crippen LogP contribution in [0, 0.1) is 5.41 Å². The molecule has 1 N–H and O–H groups in total. The van der Waals surface area contributed by atoms with Gasteiger partial charge in [0, 0.05) is 25.1 Å². The van der Waals surface area contributed by atoms with E-state index >= 15 is 0 Å². The molecule has 0 atom stereocenters. The van der Waals surface area contributed by atoms with Crippen LogP contribution in [0.3, 0.4) is 0 Å². The lowest BCUT2D eigenvalue weighted by Gasteiger charge is -2.37. The molecule has 0 unspecified atom stereocenters. The predicted octanol–water partition coefficient (Wildman–Crippen LogP) is 2.58. The average Bonchev–Trinajstić information content (AvgIpc) is 2.17. The summed E-state index contributed by atoms with van der Waals surface area (Å²) in [6.45, 7) is 6.47. The predicted molar refractivity (Wildman–Crippen MR) is 60.5 cm³/mol. The molecule has 0 saturated heterocycles. The largest absolute Gasteiger partial charge is 0.384 e. The fraction of sp³-hybridized carbons (Fsp3) is 1.00. The van der Waals surface area contributed by atoms with E-state index in [1.807, 2.05) is 7.11 Å². The van der Waals surface area contributed by atoms with Crippen LogP contribution in [-0.2, 0) is 4.74 Å². The van der Waals surface area contributed by atoms with Crippen LogP contribution in [-0.4, -0.2) is 26.3 Å². The first-order valence-electron chi connectivity index (χ1n) is 5.91. The highest BCUT2D eigenvalue weighted by atomic mass is 16.5. The van der Waals surface area contributed by atoms with E-state index in [0.717, 1.165) is 13.2 Å². The molecule has 0 amide bonds. The van der Waals surface area contributed by atoms with Crippen molar-refractivity contribution in [3.63, 3.8) is 0 Å². The normalized spacial score (nSPS) is 21.4. The third-order valence-electron chi connectivity index (χ3n) is 3.25. The zero-order chi connectivity index (χ0) is 10.4. The first kappa shape index (κ1) is 12.0. The summed E-state index contributed by atoms with van der Waals surface area (Å²) in [7, 11) is 1.83. The number of methoxy groups -OCH3 is 1. The maximum atomic E-state index is 5.38. The highest BCUT2D eigenvalue weighted by molar-refractivity contribution is 4.85. The van der Waals surface area contributed by atoms with Gasteiger partial charge < -0.3 is 10.1 Å². The average molecular weight is 199 g/mol. The molecule has 14 heavy (non-hydrogen) atoms. The van der Waals surface area contributed by atoms with Crippen molar-refractivity contribution in [2.45, 2.75) is 52.0 Å². The Hall–Kier alpha value is -0.0800. The van der Waals surface area contributed by atoms with Crippen molar-refractivity contribution in [3.05, 3.63) is 0 Å². The van der Waals surface area contributed by atoms with E-state index in [-0.39, 0.29) is 0 Å². The summed E-state index contributed by atoms with van der Waals surface area (Å²) in [5, 5.41) is 3.56. The Kier molecular flexibility index (Phi) is 4.90. The van der Waals surface area contributed by atoms with Crippen molar-refractivity contribution in [1.82, 2.24) is 5.32 Å². The van der Waals surface area contributed by atoms with Crippen LogP contribution in [0.1, 0.15) is 46.0 Å². The van der Waals surface area contributed by atoms with Gasteiger partial charge in [-0.3, -0.25) is 0 Å². The molecule has 1 aliphatic carbocycles. The van der Waals surface area contributed by atoms with Gasteiger partial charge in [-0.1, -0.05) is 33.1 Å². The van der Waals surface area contributed by atoms with E-state index in [4.69, 9.17) is 4.74 Å². The molecular weight excluding hydrogens is 174 g/mol. The number of rotatable bonds is 5. The van der Waals surface area contributed by atoms with E-state index in [0.29, 0.717) is 11.5 Å². The minimum absolute atomic E-state index is 0.428. The van der Waals surface area contributed by atoms with Crippen molar-refractivity contribution in [1.29, 1.82) is 0 Å². The summed E-state index contributed by atoms with van der Waals surface area (Å²) < 4.78 is 5.38. The summed E-state index contributed by atoms with van der Waals surface area (Å²) in [4.78, 5) is 0. The van der Waals surface area contributed by atoms with Gasteiger partial charge in [0.25, 0.3) is 0 Å². The van der Waals surface area contributed by atoms with Crippen LogP contribution < -0.4 is 5.32 Å². The topological polar surface area (TPSA) is 21.3 Å². The Morgan fingerprint density at radius 1 is 1.21 bits per heavy atom. The minimum Gasteiger partial charge on any atom is -0.384 e. The van der Waals surface area contributed by atoms with E-state index in [1.165, 1.54) is 32.1 Å². The highest BCUT2D eigenvalue weighted by Gasteiger charge is 2.31. The standard InChI is InChI=1S/C12H25NO/c1-11(2)13-9-12(10-14-3)7-5-4-6-8-12/h11,13H,4-10H2,1-3H3. The van der Waals surface area contributed by atoms with E-state index < -0.39 is 0 Å². The Balaban J connectivity index is 2.42. The zero-order valence-corrected chi connectivity index (χ0v) is 9.94. The van der Waals surface area contributed by atoms with Crippen molar-refractivity contribution in [3.8, 4) is 0 Å². The van der Waals surface area contributed by atoms with Gasteiger partial charge in [-0.15, -0.1) is 0 Å². The third kappa shape index (κ3) is 3.58. The maximum Gasteiger partial charge on any atom is 0.0530 e. The van der Waals surface area contributed by atoms with Crippen molar-refractivity contribution >= 4 is 0 Å². The second-order valence-electron chi connectivity index (χ2n) is 5.03. The second-order valence-corrected chi connectivity index (χ2v) is 5.03. The van der Waals surface area contributed by atoms with Crippen LogP contribution in [0.2, 0.25) is 0 Å². The molecule has 1 aliphatic rings.